The molecule has 0 radical (unpaired) electrons. The van der Waals surface area contributed by atoms with E-state index in [1.54, 1.807) is 6.08 Å². The van der Waals surface area contributed by atoms with Crippen molar-refractivity contribution in [1.82, 2.24) is 0 Å². The van der Waals surface area contributed by atoms with Crippen LogP contribution in [0.5, 0.6) is 0 Å². The zero-order chi connectivity index (χ0) is 19.5. The van der Waals surface area contributed by atoms with Crippen molar-refractivity contribution in [2.75, 3.05) is 13.2 Å². The van der Waals surface area contributed by atoms with E-state index in [0.717, 1.165) is 0 Å². The fraction of sp³-hybridized carbons (Fsp3) is 0.765. The Kier molecular flexibility index (Phi) is 10.6. The topological polar surface area (TPSA) is 154 Å². The van der Waals surface area contributed by atoms with Gasteiger partial charge in [0.2, 0.25) is 0 Å². The largest absolute Gasteiger partial charge is 0.481 e. The molecule has 0 aromatic carbocycles. The average Bonchev–Trinajstić information content (AvgIpc) is 2.60. The Hall–Kier alpha value is -1.36. The second kappa shape index (κ2) is 12.1. The van der Waals surface area contributed by atoms with Crippen molar-refractivity contribution in [2.24, 2.45) is 0 Å². The number of rotatable bonds is 12. The Morgan fingerprint density at radius 2 is 1.65 bits per heavy atom. The van der Waals surface area contributed by atoms with Gasteiger partial charge in [-0.25, -0.2) is 0 Å². The van der Waals surface area contributed by atoms with Crippen LogP contribution >= 0.6 is 0 Å². The predicted molar refractivity (Wildman–Crippen MR) is 89.2 cm³/mol. The van der Waals surface area contributed by atoms with E-state index >= 15 is 0 Å². The molecule has 1 heterocycles. The van der Waals surface area contributed by atoms with Gasteiger partial charge >= 0.3 is 5.97 Å². The molecule has 0 aromatic heterocycles. The lowest BCUT2D eigenvalue weighted by atomic mass is 9.99. The number of hydrogen-bond acceptors (Lipinski definition) is 8. The van der Waals surface area contributed by atoms with Crippen LogP contribution in [0.1, 0.15) is 38.5 Å². The number of aliphatic hydroxyl groups excluding tert-OH is 4. The molecular formula is C17H28O9. The summed E-state index contributed by atoms with van der Waals surface area (Å²) in [6.07, 6.45) is -0.826. The first-order valence-corrected chi connectivity index (χ1v) is 8.67. The molecule has 5 atom stereocenters. The molecule has 0 amide bonds. The standard InChI is InChI=1S/C17H28O9/c18-10-12-14(22)15(23)16(24)17(26-12)25-9-4-2-1-3-6-11(19)7-5-8-13(20)21/h1-2,12,14-18,22-24H,3-10H2,(H,20,21)/b2-1-/t12-,14-,15+,16-,17-/m1/s1. The Morgan fingerprint density at radius 3 is 2.31 bits per heavy atom. The molecule has 0 unspecified atom stereocenters. The SMILES string of the molecule is O=C(O)CCCC(=O)CC/C=C\CCO[C@@H]1O[C@H](CO)[C@@H](O)[C@H](O)[C@H]1O. The molecule has 150 valence electrons. The summed E-state index contributed by atoms with van der Waals surface area (Å²) in [6, 6.07) is 0. The fourth-order valence-corrected chi connectivity index (χ4v) is 2.50. The first-order valence-electron chi connectivity index (χ1n) is 8.67. The predicted octanol–water partition coefficient (Wildman–Crippen LogP) is -0.647. The van der Waals surface area contributed by atoms with Gasteiger partial charge in [0, 0.05) is 19.3 Å². The van der Waals surface area contributed by atoms with E-state index in [2.05, 4.69) is 0 Å². The van der Waals surface area contributed by atoms with Gasteiger partial charge in [0.1, 0.15) is 30.2 Å². The molecule has 26 heavy (non-hydrogen) atoms. The highest BCUT2D eigenvalue weighted by molar-refractivity contribution is 5.79. The van der Waals surface area contributed by atoms with Gasteiger partial charge in [-0.15, -0.1) is 0 Å². The number of allylic oxidation sites excluding steroid dienone is 1. The van der Waals surface area contributed by atoms with E-state index in [9.17, 15) is 24.9 Å². The molecule has 1 fully saturated rings. The molecule has 0 saturated carbocycles. The molecule has 0 aliphatic carbocycles. The summed E-state index contributed by atoms with van der Waals surface area (Å²) in [5, 5.41) is 46.7. The third kappa shape index (κ3) is 7.90. The van der Waals surface area contributed by atoms with E-state index in [1.165, 1.54) is 0 Å². The monoisotopic (exact) mass is 376 g/mol. The second-order valence-electron chi connectivity index (χ2n) is 6.15. The lowest BCUT2D eigenvalue weighted by Crippen LogP contribution is -2.59. The summed E-state index contributed by atoms with van der Waals surface area (Å²) in [7, 11) is 0. The maximum absolute atomic E-state index is 11.5. The van der Waals surface area contributed by atoms with Crippen LogP contribution < -0.4 is 0 Å². The van der Waals surface area contributed by atoms with Gasteiger partial charge in [-0.1, -0.05) is 12.2 Å². The number of ether oxygens (including phenoxy) is 2. The number of carbonyl (C=O) groups is 2. The second-order valence-corrected chi connectivity index (χ2v) is 6.15. The third-order valence-electron chi connectivity index (χ3n) is 4.02. The van der Waals surface area contributed by atoms with Crippen molar-refractivity contribution in [3.8, 4) is 0 Å². The van der Waals surface area contributed by atoms with Crippen LogP contribution in [-0.2, 0) is 19.1 Å². The van der Waals surface area contributed by atoms with Crippen LogP contribution in [0.25, 0.3) is 0 Å². The third-order valence-corrected chi connectivity index (χ3v) is 4.02. The molecule has 5 N–H and O–H groups in total. The maximum Gasteiger partial charge on any atom is 0.303 e. The summed E-state index contributed by atoms with van der Waals surface area (Å²) in [4.78, 5) is 21.9. The number of aliphatic carboxylic acids is 1. The molecule has 9 nitrogen and oxygen atoms in total. The van der Waals surface area contributed by atoms with Crippen LogP contribution in [0, 0.1) is 0 Å². The molecule has 9 heteroatoms. The quantitative estimate of drug-likeness (QED) is 0.221. The summed E-state index contributed by atoms with van der Waals surface area (Å²) in [6.45, 7) is -0.322. The minimum Gasteiger partial charge on any atom is -0.481 e. The van der Waals surface area contributed by atoms with E-state index in [1.807, 2.05) is 6.08 Å². The minimum atomic E-state index is -1.46. The number of carboxylic acids is 1. The number of aliphatic hydroxyl groups is 4. The van der Waals surface area contributed by atoms with Crippen molar-refractivity contribution < 1.29 is 44.6 Å². The van der Waals surface area contributed by atoms with Gasteiger partial charge in [-0.3, -0.25) is 9.59 Å². The van der Waals surface area contributed by atoms with Crippen molar-refractivity contribution in [3.05, 3.63) is 12.2 Å². The van der Waals surface area contributed by atoms with E-state index < -0.39 is 43.3 Å². The van der Waals surface area contributed by atoms with E-state index in [-0.39, 0.29) is 25.2 Å². The Morgan fingerprint density at radius 1 is 0.962 bits per heavy atom. The first kappa shape index (κ1) is 22.7. The molecule has 1 rings (SSSR count). The van der Waals surface area contributed by atoms with Crippen molar-refractivity contribution in [2.45, 2.75) is 69.2 Å². The van der Waals surface area contributed by atoms with Gasteiger partial charge in [-0.05, 0) is 19.3 Å². The number of ketones is 1. The normalized spacial score (nSPS) is 29.2. The Balaban J connectivity index is 2.16. The van der Waals surface area contributed by atoms with Crippen LogP contribution in [-0.4, -0.2) is 81.2 Å². The number of carbonyl (C=O) groups excluding carboxylic acids is 1. The van der Waals surface area contributed by atoms with Crippen molar-refractivity contribution in [1.29, 1.82) is 0 Å². The van der Waals surface area contributed by atoms with Gasteiger partial charge in [0.05, 0.1) is 13.2 Å². The van der Waals surface area contributed by atoms with Gasteiger partial charge in [-0.2, -0.15) is 0 Å². The summed E-state index contributed by atoms with van der Waals surface area (Å²) < 4.78 is 10.5. The maximum atomic E-state index is 11.5. The van der Waals surface area contributed by atoms with Gasteiger partial charge in [0.25, 0.3) is 0 Å². The molecule has 1 aliphatic rings. The van der Waals surface area contributed by atoms with E-state index in [0.29, 0.717) is 25.7 Å². The molecule has 0 bridgehead atoms. The van der Waals surface area contributed by atoms with Crippen LogP contribution in [0.15, 0.2) is 12.2 Å². The summed E-state index contributed by atoms with van der Waals surface area (Å²) in [5.74, 6) is -0.884. The number of Topliss-reactive ketones (excluding diaryl/α,β-unsaturated/α-hetero) is 1. The van der Waals surface area contributed by atoms with Crippen molar-refractivity contribution >= 4 is 11.8 Å². The Bertz CT molecular complexity index is 463. The summed E-state index contributed by atoms with van der Waals surface area (Å²) in [5.41, 5.74) is 0. The zero-order valence-electron chi connectivity index (χ0n) is 14.6. The lowest BCUT2D eigenvalue weighted by molar-refractivity contribution is -0.300. The molecule has 0 aromatic rings. The summed E-state index contributed by atoms with van der Waals surface area (Å²) >= 11 is 0. The van der Waals surface area contributed by atoms with Gasteiger partial charge < -0.3 is 35.0 Å². The highest BCUT2D eigenvalue weighted by Crippen LogP contribution is 2.22. The van der Waals surface area contributed by atoms with E-state index in [4.69, 9.17) is 19.7 Å². The number of hydrogen-bond donors (Lipinski definition) is 5. The van der Waals surface area contributed by atoms with Crippen molar-refractivity contribution in [3.63, 3.8) is 0 Å². The highest BCUT2D eigenvalue weighted by Gasteiger charge is 2.43. The molecule has 0 spiro atoms. The smallest absolute Gasteiger partial charge is 0.303 e. The zero-order valence-corrected chi connectivity index (χ0v) is 14.6. The molecular weight excluding hydrogens is 348 g/mol. The van der Waals surface area contributed by atoms with Gasteiger partial charge in [0.15, 0.2) is 6.29 Å². The molecule has 1 saturated heterocycles. The average molecular weight is 376 g/mol. The highest BCUT2D eigenvalue weighted by atomic mass is 16.7. The van der Waals surface area contributed by atoms with Crippen LogP contribution in [0.2, 0.25) is 0 Å². The van der Waals surface area contributed by atoms with Crippen LogP contribution in [0.4, 0.5) is 0 Å². The Labute approximate surface area is 151 Å². The number of carboxylic acid groups (broad SMARTS) is 1. The fourth-order valence-electron chi connectivity index (χ4n) is 2.50. The van der Waals surface area contributed by atoms with Crippen LogP contribution in [0.3, 0.4) is 0 Å². The first-order chi connectivity index (χ1) is 12.4. The minimum absolute atomic E-state index is 0.00310. The molecule has 1 aliphatic heterocycles. The lowest BCUT2D eigenvalue weighted by Gasteiger charge is -2.39.